The van der Waals surface area contributed by atoms with Crippen LogP contribution in [0.2, 0.25) is 0 Å². The molecule has 6 nitrogen and oxygen atoms in total. The number of carbonyl (C=O) groups excluding carboxylic acids is 1. The summed E-state index contributed by atoms with van der Waals surface area (Å²) in [6.07, 6.45) is 3.94. The van der Waals surface area contributed by atoms with Crippen LogP contribution in [0.4, 0.5) is 5.69 Å². The molecule has 1 aromatic carbocycles. The van der Waals surface area contributed by atoms with Gasteiger partial charge >= 0.3 is 0 Å². The average molecular weight is 340 g/mol. The minimum Gasteiger partial charge on any atom is -0.474 e. The third-order valence-electron chi connectivity index (χ3n) is 4.31. The Labute approximate surface area is 148 Å². The zero-order chi connectivity index (χ0) is 18.0. The Morgan fingerprint density at radius 3 is 2.64 bits per heavy atom. The summed E-state index contributed by atoms with van der Waals surface area (Å²) in [5, 5.41) is 0. The van der Waals surface area contributed by atoms with E-state index in [1.165, 1.54) is 18.0 Å². The summed E-state index contributed by atoms with van der Waals surface area (Å²) in [5.74, 6) is 0.291. The molecule has 2 heterocycles. The molecule has 0 saturated carbocycles. The van der Waals surface area contributed by atoms with E-state index in [2.05, 4.69) is 20.9 Å². The lowest BCUT2D eigenvalue weighted by atomic mass is 9.97. The fourth-order valence-electron chi connectivity index (χ4n) is 2.98. The maximum Gasteiger partial charge on any atom is 0.278 e. The number of nitrogens with zero attached hydrogens (tertiary/aromatic N) is 4. The molecule has 0 spiro atoms. The minimum atomic E-state index is -0.136. The van der Waals surface area contributed by atoms with Crippen LogP contribution in [0.3, 0.4) is 0 Å². The maximum absolute atomic E-state index is 13.0. The number of rotatable bonds is 4. The van der Waals surface area contributed by atoms with Gasteiger partial charge in [0, 0.05) is 18.3 Å². The number of amides is 1. The standard InChI is InChI=1S/C19H24N4O2/c1-13(2)25-18-11-20-16(10-21-18)19(24)23-12-15(22(3)4)9-14-7-5-6-8-17(14)23/h5-8,10-11,13,15H,9,12H2,1-4H3/t15-/m0/s1. The number of para-hydroxylation sites is 1. The van der Waals surface area contributed by atoms with Crippen LogP contribution in [0.25, 0.3) is 0 Å². The van der Waals surface area contributed by atoms with E-state index in [1.807, 2.05) is 46.1 Å². The zero-order valence-electron chi connectivity index (χ0n) is 15.1. The summed E-state index contributed by atoms with van der Waals surface area (Å²) in [6.45, 7) is 4.48. The highest BCUT2D eigenvalue weighted by Crippen LogP contribution is 2.29. The highest BCUT2D eigenvalue weighted by Gasteiger charge is 2.30. The van der Waals surface area contributed by atoms with E-state index >= 15 is 0 Å². The number of hydrogen-bond acceptors (Lipinski definition) is 5. The number of aromatic nitrogens is 2. The second-order valence-corrected chi connectivity index (χ2v) is 6.77. The fourth-order valence-corrected chi connectivity index (χ4v) is 2.98. The normalized spacial score (nSPS) is 16.9. The number of hydrogen-bond donors (Lipinski definition) is 0. The zero-order valence-corrected chi connectivity index (χ0v) is 15.1. The number of carbonyl (C=O) groups is 1. The van der Waals surface area contributed by atoms with E-state index in [0.717, 1.165) is 12.1 Å². The molecule has 1 aliphatic rings. The maximum atomic E-state index is 13.0. The molecule has 1 amide bonds. The Morgan fingerprint density at radius 2 is 2.00 bits per heavy atom. The van der Waals surface area contributed by atoms with Crippen LogP contribution in [0.5, 0.6) is 5.88 Å². The molecule has 6 heteroatoms. The Hall–Kier alpha value is -2.47. The SMILES string of the molecule is CC(C)Oc1cnc(C(=O)N2C[C@@H](N(C)C)Cc3ccccc32)cn1. The van der Waals surface area contributed by atoms with Crippen LogP contribution in [-0.2, 0) is 6.42 Å². The van der Waals surface area contributed by atoms with E-state index in [-0.39, 0.29) is 18.1 Å². The van der Waals surface area contributed by atoms with Gasteiger partial charge in [0.15, 0.2) is 0 Å². The third kappa shape index (κ3) is 3.79. The third-order valence-corrected chi connectivity index (χ3v) is 4.31. The molecule has 0 aliphatic carbocycles. The second kappa shape index (κ2) is 7.19. The first-order chi connectivity index (χ1) is 12.0. The highest BCUT2D eigenvalue weighted by molar-refractivity contribution is 6.05. The summed E-state index contributed by atoms with van der Waals surface area (Å²) in [7, 11) is 4.08. The number of ether oxygens (including phenoxy) is 1. The van der Waals surface area contributed by atoms with Gasteiger partial charge in [0.2, 0.25) is 5.88 Å². The highest BCUT2D eigenvalue weighted by atomic mass is 16.5. The number of benzene rings is 1. The molecule has 25 heavy (non-hydrogen) atoms. The summed E-state index contributed by atoms with van der Waals surface area (Å²) >= 11 is 0. The summed E-state index contributed by atoms with van der Waals surface area (Å²) < 4.78 is 5.49. The molecular formula is C19H24N4O2. The molecule has 0 radical (unpaired) electrons. The molecule has 1 atom stereocenters. The van der Waals surface area contributed by atoms with Gasteiger partial charge in [-0.2, -0.15) is 0 Å². The van der Waals surface area contributed by atoms with Crippen molar-refractivity contribution < 1.29 is 9.53 Å². The molecule has 1 aliphatic heterocycles. The van der Waals surface area contributed by atoms with Crippen LogP contribution in [0, 0.1) is 0 Å². The van der Waals surface area contributed by atoms with E-state index in [9.17, 15) is 4.79 Å². The van der Waals surface area contributed by atoms with Crippen molar-refractivity contribution in [2.45, 2.75) is 32.4 Å². The van der Waals surface area contributed by atoms with Crippen LogP contribution >= 0.6 is 0 Å². The lowest BCUT2D eigenvalue weighted by Gasteiger charge is -2.37. The molecule has 0 fully saturated rings. The monoisotopic (exact) mass is 340 g/mol. The van der Waals surface area contributed by atoms with Crippen molar-refractivity contribution in [2.75, 3.05) is 25.5 Å². The van der Waals surface area contributed by atoms with Crippen molar-refractivity contribution in [3.05, 3.63) is 47.9 Å². The van der Waals surface area contributed by atoms with Gasteiger partial charge in [-0.15, -0.1) is 0 Å². The molecule has 0 N–H and O–H groups in total. The van der Waals surface area contributed by atoms with Gasteiger partial charge in [0.1, 0.15) is 5.69 Å². The van der Waals surface area contributed by atoms with E-state index < -0.39 is 0 Å². The number of likely N-dealkylation sites (N-methyl/N-ethyl adjacent to an activating group) is 1. The van der Waals surface area contributed by atoms with Gasteiger partial charge in [-0.05, 0) is 46.0 Å². The van der Waals surface area contributed by atoms with Gasteiger partial charge < -0.3 is 14.5 Å². The summed E-state index contributed by atoms with van der Waals surface area (Å²) in [4.78, 5) is 25.4. The van der Waals surface area contributed by atoms with E-state index in [4.69, 9.17) is 4.74 Å². The topological polar surface area (TPSA) is 58.6 Å². The van der Waals surface area contributed by atoms with Crippen LogP contribution in [0.1, 0.15) is 29.9 Å². The lowest BCUT2D eigenvalue weighted by Crippen LogP contribution is -2.48. The summed E-state index contributed by atoms with van der Waals surface area (Å²) in [5.41, 5.74) is 2.45. The predicted molar refractivity (Wildman–Crippen MR) is 97.1 cm³/mol. The first-order valence-electron chi connectivity index (χ1n) is 8.50. The Kier molecular flexibility index (Phi) is 4.99. The van der Waals surface area contributed by atoms with E-state index in [1.54, 1.807) is 4.90 Å². The minimum absolute atomic E-state index is 0.0191. The van der Waals surface area contributed by atoms with Crippen molar-refractivity contribution in [1.82, 2.24) is 14.9 Å². The van der Waals surface area contributed by atoms with Gasteiger partial charge in [-0.3, -0.25) is 4.79 Å². The number of anilines is 1. The van der Waals surface area contributed by atoms with Crippen LogP contribution in [-0.4, -0.2) is 53.6 Å². The predicted octanol–water partition coefficient (Wildman–Crippen LogP) is 2.40. The lowest BCUT2D eigenvalue weighted by molar-refractivity contribution is 0.0970. The largest absolute Gasteiger partial charge is 0.474 e. The van der Waals surface area contributed by atoms with Gasteiger partial charge in [-0.25, -0.2) is 9.97 Å². The van der Waals surface area contributed by atoms with Crippen molar-refractivity contribution in [2.24, 2.45) is 0 Å². The number of fused-ring (bicyclic) bond motifs is 1. The van der Waals surface area contributed by atoms with Crippen molar-refractivity contribution >= 4 is 11.6 Å². The van der Waals surface area contributed by atoms with Crippen LogP contribution < -0.4 is 9.64 Å². The molecule has 2 aromatic rings. The van der Waals surface area contributed by atoms with Gasteiger partial charge in [-0.1, -0.05) is 18.2 Å². The van der Waals surface area contributed by atoms with Crippen molar-refractivity contribution in [3.8, 4) is 5.88 Å². The quantitative estimate of drug-likeness (QED) is 0.855. The Balaban J connectivity index is 1.87. The van der Waals surface area contributed by atoms with Crippen molar-refractivity contribution in [3.63, 3.8) is 0 Å². The molecule has 132 valence electrons. The van der Waals surface area contributed by atoms with Gasteiger partial charge in [0.25, 0.3) is 5.91 Å². The molecule has 0 saturated heterocycles. The summed E-state index contributed by atoms with van der Waals surface area (Å²) in [6, 6.07) is 8.31. The molecule has 0 bridgehead atoms. The van der Waals surface area contributed by atoms with E-state index in [0.29, 0.717) is 18.1 Å². The van der Waals surface area contributed by atoms with Crippen molar-refractivity contribution in [1.29, 1.82) is 0 Å². The Bertz CT molecular complexity index is 743. The first kappa shape index (κ1) is 17.4. The fraction of sp³-hybridized carbons (Fsp3) is 0.421. The average Bonchev–Trinajstić information content (AvgIpc) is 2.60. The second-order valence-electron chi connectivity index (χ2n) is 6.77. The molecule has 0 unspecified atom stereocenters. The van der Waals surface area contributed by atoms with Crippen LogP contribution in [0.15, 0.2) is 36.7 Å². The molecule has 3 rings (SSSR count). The van der Waals surface area contributed by atoms with Gasteiger partial charge in [0.05, 0.1) is 18.5 Å². The molecule has 1 aromatic heterocycles. The smallest absolute Gasteiger partial charge is 0.278 e. The molecular weight excluding hydrogens is 316 g/mol. The first-order valence-corrected chi connectivity index (χ1v) is 8.50. The Morgan fingerprint density at radius 1 is 1.24 bits per heavy atom.